The van der Waals surface area contributed by atoms with Crippen molar-refractivity contribution in [1.82, 2.24) is 9.47 Å². The van der Waals surface area contributed by atoms with Crippen LogP contribution < -0.4 is 5.56 Å². The van der Waals surface area contributed by atoms with Gasteiger partial charge < -0.3 is 4.90 Å². The Hall–Kier alpha value is -2.36. The Labute approximate surface area is 130 Å². The van der Waals surface area contributed by atoms with E-state index in [0.717, 1.165) is 25.2 Å². The monoisotopic (exact) mass is 296 g/mol. The van der Waals surface area contributed by atoms with Crippen LogP contribution in [0.2, 0.25) is 0 Å². The van der Waals surface area contributed by atoms with E-state index >= 15 is 0 Å². The first-order valence-electron chi connectivity index (χ1n) is 7.72. The molecule has 0 radical (unpaired) electrons. The minimum absolute atomic E-state index is 0.0104. The molecule has 2 heterocycles. The molecular formula is C18H20N2O2. The largest absolute Gasteiger partial charge is 0.338 e. The highest BCUT2D eigenvalue weighted by molar-refractivity contribution is 5.94. The number of nitrogens with zero attached hydrogens (tertiary/aromatic N) is 2. The minimum Gasteiger partial charge on any atom is -0.338 e. The van der Waals surface area contributed by atoms with E-state index in [9.17, 15) is 9.59 Å². The number of piperidine rings is 1. The quantitative estimate of drug-likeness (QED) is 0.855. The van der Waals surface area contributed by atoms with Gasteiger partial charge in [-0.25, -0.2) is 0 Å². The molecule has 114 valence electrons. The van der Waals surface area contributed by atoms with Crippen LogP contribution in [0.25, 0.3) is 5.69 Å². The van der Waals surface area contributed by atoms with E-state index in [2.05, 4.69) is 6.92 Å². The smallest absolute Gasteiger partial charge is 0.255 e. The zero-order chi connectivity index (χ0) is 15.5. The second kappa shape index (κ2) is 6.18. The third kappa shape index (κ3) is 2.96. The van der Waals surface area contributed by atoms with Crippen LogP contribution in [-0.4, -0.2) is 28.5 Å². The molecule has 1 aliphatic rings. The Morgan fingerprint density at radius 1 is 1.14 bits per heavy atom. The average molecular weight is 296 g/mol. The maximum Gasteiger partial charge on any atom is 0.255 e. The summed E-state index contributed by atoms with van der Waals surface area (Å²) in [5.41, 5.74) is 1.21. The second-order valence-electron chi connectivity index (χ2n) is 5.96. The molecule has 1 atom stereocenters. The van der Waals surface area contributed by atoms with Gasteiger partial charge in [-0.1, -0.05) is 25.1 Å². The molecule has 0 bridgehead atoms. The van der Waals surface area contributed by atoms with Crippen molar-refractivity contribution in [3.05, 3.63) is 64.6 Å². The van der Waals surface area contributed by atoms with Gasteiger partial charge in [0.25, 0.3) is 11.5 Å². The summed E-state index contributed by atoms with van der Waals surface area (Å²) in [5, 5.41) is 0. The third-order valence-corrected chi connectivity index (χ3v) is 4.14. The SMILES string of the molecule is C[C@@H]1CCCN(C(=O)c2ccc(=O)n(-c3ccccc3)c2)C1. The predicted octanol–water partition coefficient (Wildman–Crippen LogP) is 2.71. The first-order chi connectivity index (χ1) is 10.6. The van der Waals surface area contributed by atoms with Gasteiger partial charge >= 0.3 is 0 Å². The van der Waals surface area contributed by atoms with Gasteiger partial charge in [-0.3, -0.25) is 14.2 Å². The number of rotatable bonds is 2. The van der Waals surface area contributed by atoms with E-state index < -0.39 is 0 Å². The van der Waals surface area contributed by atoms with Gasteiger partial charge in [0, 0.05) is 31.0 Å². The standard InChI is InChI=1S/C18H20N2O2/c1-14-6-5-11-19(12-14)18(22)15-9-10-17(21)20(13-15)16-7-3-2-4-8-16/h2-4,7-10,13-14H,5-6,11-12H2,1H3/t14-/m1/s1. The molecule has 0 saturated carbocycles. The third-order valence-electron chi connectivity index (χ3n) is 4.14. The van der Waals surface area contributed by atoms with Crippen LogP contribution in [0, 0.1) is 5.92 Å². The number of pyridine rings is 1. The molecule has 0 unspecified atom stereocenters. The number of benzene rings is 1. The molecule has 0 aliphatic carbocycles. The van der Waals surface area contributed by atoms with Gasteiger partial charge in [-0.2, -0.15) is 0 Å². The zero-order valence-electron chi connectivity index (χ0n) is 12.7. The van der Waals surface area contributed by atoms with Crippen LogP contribution in [0.1, 0.15) is 30.1 Å². The number of aromatic nitrogens is 1. The lowest BCUT2D eigenvalue weighted by molar-refractivity contribution is 0.0682. The predicted molar refractivity (Wildman–Crippen MR) is 86.3 cm³/mol. The second-order valence-corrected chi connectivity index (χ2v) is 5.96. The van der Waals surface area contributed by atoms with Crippen LogP contribution in [0.15, 0.2) is 53.5 Å². The molecule has 1 saturated heterocycles. The fourth-order valence-corrected chi connectivity index (χ4v) is 2.96. The average Bonchev–Trinajstić information content (AvgIpc) is 2.55. The highest BCUT2D eigenvalue weighted by atomic mass is 16.2. The maximum atomic E-state index is 12.7. The van der Waals surface area contributed by atoms with Crippen LogP contribution in [0.3, 0.4) is 0 Å². The normalized spacial score (nSPS) is 18.2. The minimum atomic E-state index is -0.130. The van der Waals surface area contributed by atoms with Gasteiger partial charge in [0.2, 0.25) is 0 Å². The first-order valence-corrected chi connectivity index (χ1v) is 7.72. The number of para-hydroxylation sites is 1. The Balaban J connectivity index is 1.92. The van der Waals surface area contributed by atoms with Crippen molar-refractivity contribution >= 4 is 5.91 Å². The fraction of sp³-hybridized carbons (Fsp3) is 0.333. The van der Waals surface area contributed by atoms with Gasteiger partial charge in [-0.05, 0) is 37.0 Å². The Morgan fingerprint density at radius 2 is 1.91 bits per heavy atom. The molecule has 2 aromatic rings. The molecule has 3 rings (SSSR count). The van der Waals surface area contributed by atoms with Crippen LogP contribution in [0.5, 0.6) is 0 Å². The molecule has 4 heteroatoms. The van der Waals surface area contributed by atoms with Gasteiger partial charge in [-0.15, -0.1) is 0 Å². The Bertz CT molecular complexity index is 721. The summed E-state index contributed by atoms with van der Waals surface area (Å²) in [5.74, 6) is 0.550. The highest BCUT2D eigenvalue weighted by Crippen LogP contribution is 2.18. The van der Waals surface area contributed by atoms with Crippen molar-refractivity contribution in [2.45, 2.75) is 19.8 Å². The first kappa shape index (κ1) is 14.6. The lowest BCUT2D eigenvalue weighted by Gasteiger charge is -2.31. The summed E-state index contributed by atoms with van der Waals surface area (Å²) in [4.78, 5) is 26.6. The molecule has 1 fully saturated rings. The fourth-order valence-electron chi connectivity index (χ4n) is 2.96. The molecule has 1 aromatic carbocycles. The van der Waals surface area contributed by atoms with Gasteiger partial charge in [0.05, 0.1) is 5.56 Å². The van der Waals surface area contributed by atoms with Crippen LogP contribution >= 0.6 is 0 Å². The summed E-state index contributed by atoms with van der Waals surface area (Å²) >= 11 is 0. The van der Waals surface area contributed by atoms with E-state index in [1.54, 1.807) is 12.3 Å². The lowest BCUT2D eigenvalue weighted by Crippen LogP contribution is -2.39. The summed E-state index contributed by atoms with van der Waals surface area (Å²) in [7, 11) is 0. The summed E-state index contributed by atoms with van der Waals surface area (Å²) < 4.78 is 1.53. The molecule has 1 aliphatic heterocycles. The van der Waals surface area contributed by atoms with E-state index in [1.165, 1.54) is 17.1 Å². The van der Waals surface area contributed by atoms with Crippen molar-refractivity contribution in [3.8, 4) is 5.69 Å². The summed E-state index contributed by atoms with van der Waals surface area (Å²) in [6.45, 7) is 3.77. The number of hydrogen-bond donors (Lipinski definition) is 0. The number of carbonyl (C=O) groups is 1. The van der Waals surface area contributed by atoms with Gasteiger partial charge in [0.15, 0.2) is 0 Å². The Morgan fingerprint density at radius 3 is 2.64 bits per heavy atom. The zero-order valence-corrected chi connectivity index (χ0v) is 12.7. The van der Waals surface area contributed by atoms with E-state index in [0.29, 0.717) is 11.5 Å². The summed E-state index contributed by atoms with van der Waals surface area (Å²) in [6.07, 6.45) is 3.87. The number of carbonyl (C=O) groups excluding carboxylic acids is 1. The lowest BCUT2D eigenvalue weighted by atomic mass is 10.00. The molecule has 0 N–H and O–H groups in total. The Kier molecular flexibility index (Phi) is 4.09. The molecule has 4 nitrogen and oxygen atoms in total. The highest BCUT2D eigenvalue weighted by Gasteiger charge is 2.22. The molecule has 1 aromatic heterocycles. The molecule has 1 amide bonds. The number of likely N-dealkylation sites (tertiary alicyclic amines) is 1. The van der Waals surface area contributed by atoms with E-state index in [1.807, 2.05) is 35.2 Å². The molecular weight excluding hydrogens is 276 g/mol. The topological polar surface area (TPSA) is 42.3 Å². The van der Waals surface area contributed by atoms with Crippen molar-refractivity contribution in [2.24, 2.45) is 5.92 Å². The number of amides is 1. The van der Waals surface area contributed by atoms with Crippen molar-refractivity contribution in [3.63, 3.8) is 0 Å². The van der Waals surface area contributed by atoms with Gasteiger partial charge in [0.1, 0.15) is 0 Å². The van der Waals surface area contributed by atoms with Crippen molar-refractivity contribution < 1.29 is 4.79 Å². The van der Waals surface area contributed by atoms with E-state index in [-0.39, 0.29) is 11.5 Å². The van der Waals surface area contributed by atoms with E-state index in [4.69, 9.17) is 0 Å². The molecule has 0 spiro atoms. The van der Waals surface area contributed by atoms with Crippen molar-refractivity contribution in [2.75, 3.05) is 13.1 Å². The van der Waals surface area contributed by atoms with Crippen LogP contribution in [0.4, 0.5) is 0 Å². The summed E-state index contributed by atoms with van der Waals surface area (Å²) in [6, 6.07) is 12.5. The maximum absolute atomic E-state index is 12.7. The molecule has 22 heavy (non-hydrogen) atoms. The van der Waals surface area contributed by atoms with Crippen LogP contribution in [-0.2, 0) is 0 Å². The number of hydrogen-bond acceptors (Lipinski definition) is 2. The van der Waals surface area contributed by atoms with Crippen molar-refractivity contribution in [1.29, 1.82) is 0 Å².